The number of aliphatic hydroxyl groups is 1. The summed E-state index contributed by atoms with van der Waals surface area (Å²) in [6.07, 6.45) is 3.26. The summed E-state index contributed by atoms with van der Waals surface area (Å²) in [5, 5.41) is 18.0. The Morgan fingerprint density at radius 2 is 2.09 bits per heavy atom. The molecule has 5 nitrogen and oxygen atoms in total. The fraction of sp³-hybridized carbons (Fsp3) is 0.471. The number of rotatable bonds is 7. The summed E-state index contributed by atoms with van der Waals surface area (Å²) in [5.41, 5.74) is 3.07. The van der Waals surface area contributed by atoms with Crippen LogP contribution in [0, 0.1) is 13.8 Å². The molecular weight excluding hydrogens is 278 g/mol. The van der Waals surface area contributed by atoms with Crippen molar-refractivity contribution in [2.45, 2.75) is 39.5 Å². The van der Waals surface area contributed by atoms with E-state index in [2.05, 4.69) is 17.3 Å². The normalized spacial score (nSPS) is 13.9. The van der Waals surface area contributed by atoms with E-state index in [4.69, 9.17) is 4.74 Å². The van der Waals surface area contributed by atoms with Gasteiger partial charge in [0, 0.05) is 24.3 Å². The van der Waals surface area contributed by atoms with Crippen molar-refractivity contribution in [2.75, 3.05) is 13.7 Å². The van der Waals surface area contributed by atoms with E-state index in [1.807, 2.05) is 49.1 Å². The summed E-state index contributed by atoms with van der Waals surface area (Å²) in [6.45, 7) is 7.35. The van der Waals surface area contributed by atoms with Gasteiger partial charge in [-0.25, -0.2) is 0 Å². The number of aliphatic hydroxyl groups excluding tert-OH is 1. The third-order valence-electron chi connectivity index (χ3n) is 3.63. The molecule has 5 heteroatoms. The molecule has 0 aliphatic rings. The number of nitrogens with zero attached hydrogens (tertiary/aromatic N) is 2. The minimum atomic E-state index is -0.600. The maximum Gasteiger partial charge on any atom is 0.124 e. The minimum absolute atomic E-state index is 0.213. The highest BCUT2D eigenvalue weighted by molar-refractivity contribution is 5.38. The molecule has 0 bridgehead atoms. The minimum Gasteiger partial charge on any atom is -0.496 e. The SMILES string of the molecule is COc1ccc(C)cc1[C@@H](O)CN[C@H](C)Cn1cc(C)cn1. The molecule has 0 fully saturated rings. The summed E-state index contributed by atoms with van der Waals surface area (Å²) in [6, 6.07) is 6.05. The van der Waals surface area contributed by atoms with Crippen molar-refractivity contribution in [3.8, 4) is 5.75 Å². The molecule has 0 saturated carbocycles. The zero-order chi connectivity index (χ0) is 16.1. The van der Waals surface area contributed by atoms with Crippen LogP contribution in [-0.4, -0.2) is 34.6 Å². The summed E-state index contributed by atoms with van der Waals surface area (Å²) < 4.78 is 7.23. The number of hydrogen-bond donors (Lipinski definition) is 2. The molecule has 0 aliphatic carbocycles. The van der Waals surface area contributed by atoms with Crippen LogP contribution in [0.25, 0.3) is 0 Å². The van der Waals surface area contributed by atoms with Gasteiger partial charge in [-0.15, -0.1) is 0 Å². The van der Waals surface area contributed by atoms with Crippen LogP contribution in [0.3, 0.4) is 0 Å². The van der Waals surface area contributed by atoms with E-state index >= 15 is 0 Å². The average Bonchev–Trinajstić information content (AvgIpc) is 2.89. The van der Waals surface area contributed by atoms with Crippen molar-refractivity contribution in [1.29, 1.82) is 0 Å². The Hall–Kier alpha value is -1.85. The van der Waals surface area contributed by atoms with Crippen LogP contribution in [0.4, 0.5) is 0 Å². The third-order valence-corrected chi connectivity index (χ3v) is 3.63. The summed E-state index contributed by atoms with van der Waals surface area (Å²) >= 11 is 0. The second-order valence-electron chi connectivity index (χ2n) is 5.81. The maximum absolute atomic E-state index is 10.4. The smallest absolute Gasteiger partial charge is 0.124 e. The standard InChI is InChI=1S/C17H25N3O2/c1-12-5-6-17(22-4)15(7-12)16(21)9-18-14(3)11-20-10-13(2)8-19-20/h5-8,10,14,16,18,21H,9,11H2,1-4H3/t14-,16+/m1/s1. The molecule has 2 rings (SSSR count). The summed E-state index contributed by atoms with van der Waals surface area (Å²) in [4.78, 5) is 0. The fourth-order valence-electron chi connectivity index (χ4n) is 2.45. The van der Waals surface area contributed by atoms with Crippen LogP contribution in [-0.2, 0) is 6.54 Å². The van der Waals surface area contributed by atoms with Gasteiger partial charge < -0.3 is 15.2 Å². The maximum atomic E-state index is 10.4. The van der Waals surface area contributed by atoms with Crippen LogP contribution < -0.4 is 10.1 Å². The molecule has 1 aromatic carbocycles. The molecule has 120 valence electrons. The fourth-order valence-corrected chi connectivity index (χ4v) is 2.45. The molecule has 0 amide bonds. The topological polar surface area (TPSA) is 59.3 Å². The first-order chi connectivity index (χ1) is 10.5. The lowest BCUT2D eigenvalue weighted by atomic mass is 10.0. The number of methoxy groups -OCH3 is 1. The van der Waals surface area contributed by atoms with Crippen LogP contribution in [0.2, 0.25) is 0 Å². The molecule has 0 unspecified atom stereocenters. The van der Waals surface area contributed by atoms with E-state index < -0.39 is 6.10 Å². The lowest BCUT2D eigenvalue weighted by molar-refractivity contribution is 0.165. The van der Waals surface area contributed by atoms with Crippen LogP contribution in [0.15, 0.2) is 30.6 Å². The Morgan fingerprint density at radius 3 is 2.73 bits per heavy atom. The van der Waals surface area contributed by atoms with Crippen molar-refractivity contribution in [3.05, 3.63) is 47.3 Å². The van der Waals surface area contributed by atoms with E-state index in [1.165, 1.54) is 0 Å². The van der Waals surface area contributed by atoms with Gasteiger partial charge in [0.2, 0.25) is 0 Å². The van der Waals surface area contributed by atoms with Crippen LogP contribution >= 0.6 is 0 Å². The number of benzene rings is 1. The van der Waals surface area contributed by atoms with E-state index in [9.17, 15) is 5.11 Å². The molecule has 0 spiro atoms. The van der Waals surface area contributed by atoms with Gasteiger partial charge in [-0.3, -0.25) is 4.68 Å². The first-order valence-corrected chi connectivity index (χ1v) is 7.54. The van der Waals surface area contributed by atoms with Crippen LogP contribution in [0.5, 0.6) is 5.75 Å². The lowest BCUT2D eigenvalue weighted by Crippen LogP contribution is -2.34. The third kappa shape index (κ3) is 4.32. The number of aryl methyl sites for hydroxylation is 2. The van der Waals surface area contributed by atoms with Crippen molar-refractivity contribution in [1.82, 2.24) is 15.1 Å². The highest BCUT2D eigenvalue weighted by atomic mass is 16.5. The van der Waals surface area contributed by atoms with E-state index in [1.54, 1.807) is 7.11 Å². The molecule has 2 N–H and O–H groups in total. The number of aromatic nitrogens is 2. The van der Waals surface area contributed by atoms with Crippen molar-refractivity contribution in [3.63, 3.8) is 0 Å². The predicted octanol–water partition coefficient (Wildman–Crippen LogP) is 2.22. The van der Waals surface area contributed by atoms with E-state index in [-0.39, 0.29) is 6.04 Å². The highest BCUT2D eigenvalue weighted by Crippen LogP contribution is 2.25. The Balaban J connectivity index is 1.92. The largest absolute Gasteiger partial charge is 0.496 e. The second-order valence-corrected chi connectivity index (χ2v) is 5.81. The Labute approximate surface area is 131 Å². The van der Waals surface area contributed by atoms with E-state index in [0.717, 1.165) is 29.0 Å². The Morgan fingerprint density at radius 1 is 1.32 bits per heavy atom. The number of nitrogens with one attached hydrogen (secondary N) is 1. The zero-order valence-electron chi connectivity index (χ0n) is 13.7. The van der Waals surface area contributed by atoms with E-state index in [0.29, 0.717) is 6.54 Å². The molecule has 0 saturated heterocycles. The Kier molecular flexibility index (Phi) is 5.57. The Bertz CT molecular complexity index is 610. The molecule has 1 aromatic heterocycles. The van der Waals surface area contributed by atoms with Gasteiger partial charge in [-0.1, -0.05) is 11.6 Å². The van der Waals surface area contributed by atoms with Gasteiger partial charge in [0.25, 0.3) is 0 Å². The zero-order valence-corrected chi connectivity index (χ0v) is 13.7. The van der Waals surface area contributed by atoms with Gasteiger partial charge >= 0.3 is 0 Å². The van der Waals surface area contributed by atoms with Gasteiger partial charge in [-0.2, -0.15) is 5.10 Å². The molecule has 0 aliphatic heterocycles. The average molecular weight is 303 g/mol. The summed E-state index contributed by atoms with van der Waals surface area (Å²) in [5.74, 6) is 0.718. The van der Waals surface area contributed by atoms with Gasteiger partial charge in [0.1, 0.15) is 5.75 Å². The second kappa shape index (κ2) is 7.42. The first kappa shape index (κ1) is 16.5. The monoisotopic (exact) mass is 303 g/mol. The van der Waals surface area contributed by atoms with Gasteiger partial charge in [-0.05, 0) is 38.5 Å². The van der Waals surface area contributed by atoms with Crippen LogP contribution in [0.1, 0.15) is 29.7 Å². The highest BCUT2D eigenvalue weighted by Gasteiger charge is 2.14. The molecule has 2 aromatic rings. The quantitative estimate of drug-likeness (QED) is 0.823. The van der Waals surface area contributed by atoms with Crippen molar-refractivity contribution >= 4 is 0 Å². The number of hydrogen-bond acceptors (Lipinski definition) is 4. The molecule has 2 atom stereocenters. The number of ether oxygens (including phenoxy) is 1. The van der Waals surface area contributed by atoms with Crippen molar-refractivity contribution in [2.24, 2.45) is 0 Å². The first-order valence-electron chi connectivity index (χ1n) is 7.54. The molecule has 0 radical (unpaired) electrons. The molecular formula is C17H25N3O2. The van der Waals surface area contributed by atoms with Gasteiger partial charge in [0.15, 0.2) is 0 Å². The lowest BCUT2D eigenvalue weighted by Gasteiger charge is -2.19. The summed E-state index contributed by atoms with van der Waals surface area (Å²) in [7, 11) is 1.62. The van der Waals surface area contributed by atoms with Gasteiger partial charge in [0.05, 0.1) is 26.0 Å². The molecule has 1 heterocycles. The predicted molar refractivity (Wildman–Crippen MR) is 87.1 cm³/mol. The van der Waals surface area contributed by atoms with Crippen molar-refractivity contribution < 1.29 is 9.84 Å². The molecule has 22 heavy (non-hydrogen) atoms.